The topological polar surface area (TPSA) is 52.3 Å². The van der Waals surface area contributed by atoms with Crippen LogP contribution >= 0.6 is 0 Å². The van der Waals surface area contributed by atoms with Crippen LogP contribution in [-0.4, -0.2) is 11.4 Å². The maximum atomic E-state index is 11.1. The van der Waals surface area contributed by atoms with E-state index in [1.165, 1.54) is 0 Å². The molecule has 0 N–H and O–H groups in total. The van der Waals surface area contributed by atoms with Crippen LogP contribution in [0.2, 0.25) is 0 Å². The van der Waals surface area contributed by atoms with E-state index in [-0.39, 0.29) is 0 Å². The zero-order chi connectivity index (χ0) is 15.4. The Bertz CT molecular complexity index is 761. The zero-order valence-electron chi connectivity index (χ0n) is 12.2. The number of aldehydes is 1. The first-order chi connectivity index (χ1) is 10.8. The largest absolute Gasteiger partial charge is 0.489 e. The Balaban J connectivity index is 1.74. The van der Waals surface area contributed by atoms with Crippen LogP contribution in [0.3, 0.4) is 0 Å². The molecule has 0 saturated carbocycles. The molecule has 0 radical (unpaired) electrons. The van der Waals surface area contributed by atoms with Crippen molar-refractivity contribution in [3.8, 4) is 17.0 Å². The van der Waals surface area contributed by atoms with Crippen LogP contribution in [-0.2, 0) is 6.61 Å². The molecule has 0 bridgehead atoms. The number of carbonyl (C=O) groups excluding carboxylic acids is 1. The molecule has 0 fully saturated rings. The fourth-order valence-electron chi connectivity index (χ4n) is 2.18. The van der Waals surface area contributed by atoms with Gasteiger partial charge in [-0.05, 0) is 36.8 Å². The van der Waals surface area contributed by atoms with Crippen molar-refractivity contribution in [1.82, 2.24) is 5.16 Å². The highest BCUT2D eigenvalue weighted by Gasteiger charge is 2.13. The van der Waals surface area contributed by atoms with E-state index in [9.17, 15) is 4.79 Å². The van der Waals surface area contributed by atoms with Gasteiger partial charge in [0.25, 0.3) is 0 Å². The molecule has 4 heteroatoms. The van der Waals surface area contributed by atoms with Crippen molar-refractivity contribution in [3.63, 3.8) is 0 Å². The van der Waals surface area contributed by atoms with Gasteiger partial charge in [0.1, 0.15) is 23.8 Å². The second-order valence-electron chi connectivity index (χ2n) is 4.92. The van der Waals surface area contributed by atoms with Crippen molar-refractivity contribution in [2.75, 3.05) is 0 Å². The molecule has 0 aliphatic rings. The van der Waals surface area contributed by atoms with E-state index < -0.39 is 0 Å². The van der Waals surface area contributed by atoms with Crippen molar-refractivity contribution in [2.45, 2.75) is 13.5 Å². The van der Waals surface area contributed by atoms with E-state index in [1.54, 1.807) is 6.92 Å². The lowest BCUT2D eigenvalue weighted by molar-refractivity contribution is 0.112. The van der Waals surface area contributed by atoms with Crippen molar-refractivity contribution in [2.24, 2.45) is 0 Å². The van der Waals surface area contributed by atoms with Crippen LogP contribution in [0, 0.1) is 6.92 Å². The highest BCUT2D eigenvalue weighted by Crippen LogP contribution is 2.26. The minimum atomic E-state index is 0.484. The first-order valence-electron chi connectivity index (χ1n) is 6.96. The van der Waals surface area contributed by atoms with E-state index >= 15 is 0 Å². The summed E-state index contributed by atoms with van der Waals surface area (Å²) in [7, 11) is 0. The van der Waals surface area contributed by atoms with Gasteiger partial charge in [0.15, 0.2) is 6.29 Å². The van der Waals surface area contributed by atoms with E-state index in [2.05, 4.69) is 5.16 Å². The Morgan fingerprint density at radius 1 is 1.09 bits per heavy atom. The van der Waals surface area contributed by atoms with Gasteiger partial charge in [0.05, 0.1) is 5.56 Å². The molecule has 22 heavy (non-hydrogen) atoms. The minimum Gasteiger partial charge on any atom is -0.489 e. The number of nitrogens with zero attached hydrogens (tertiary/aromatic N) is 1. The third-order valence-electron chi connectivity index (χ3n) is 3.40. The summed E-state index contributed by atoms with van der Waals surface area (Å²) in [6.07, 6.45) is 0.765. The summed E-state index contributed by atoms with van der Waals surface area (Å²) in [5.41, 5.74) is 2.98. The summed E-state index contributed by atoms with van der Waals surface area (Å²) >= 11 is 0. The second-order valence-corrected chi connectivity index (χ2v) is 4.92. The molecule has 1 aromatic heterocycles. The molecule has 0 aliphatic carbocycles. The Morgan fingerprint density at radius 2 is 1.82 bits per heavy atom. The Kier molecular flexibility index (Phi) is 4.01. The molecule has 3 rings (SSSR count). The van der Waals surface area contributed by atoms with Crippen molar-refractivity contribution in [1.29, 1.82) is 0 Å². The molecule has 0 saturated heterocycles. The molecule has 0 aliphatic heterocycles. The molecule has 4 nitrogen and oxygen atoms in total. The number of benzene rings is 2. The predicted octanol–water partition coefficient (Wildman–Crippen LogP) is 4.04. The lowest BCUT2D eigenvalue weighted by Gasteiger charge is -2.06. The number of hydrogen-bond donors (Lipinski definition) is 0. The first-order valence-corrected chi connectivity index (χ1v) is 6.96. The fourth-order valence-corrected chi connectivity index (χ4v) is 2.18. The minimum absolute atomic E-state index is 0.484. The third kappa shape index (κ3) is 2.91. The summed E-state index contributed by atoms with van der Waals surface area (Å²) in [5, 5.41) is 3.93. The maximum Gasteiger partial charge on any atom is 0.155 e. The SMILES string of the molecule is Cc1onc(-c2ccc(OCc3ccccc3)cc2)c1C=O. The van der Waals surface area contributed by atoms with Crippen molar-refractivity contribution in [3.05, 3.63) is 71.5 Å². The molecule has 2 aromatic carbocycles. The van der Waals surface area contributed by atoms with Crippen LogP contribution in [0.1, 0.15) is 21.7 Å². The average Bonchev–Trinajstić information content (AvgIpc) is 2.95. The summed E-state index contributed by atoms with van der Waals surface area (Å²) < 4.78 is 10.8. The van der Waals surface area contributed by atoms with Gasteiger partial charge in [0.2, 0.25) is 0 Å². The highest BCUT2D eigenvalue weighted by molar-refractivity contribution is 5.86. The quantitative estimate of drug-likeness (QED) is 0.666. The molecule has 1 heterocycles. The summed E-state index contributed by atoms with van der Waals surface area (Å²) in [6.45, 7) is 2.24. The second kappa shape index (κ2) is 6.26. The van der Waals surface area contributed by atoms with E-state index in [0.29, 0.717) is 23.6 Å². The monoisotopic (exact) mass is 293 g/mol. The van der Waals surface area contributed by atoms with Gasteiger partial charge in [-0.15, -0.1) is 0 Å². The molecule has 0 amide bonds. The predicted molar refractivity (Wildman–Crippen MR) is 82.8 cm³/mol. The molecule has 110 valence electrons. The van der Waals surface area contributed by atoms with Crippen LogP contribution in [0.5, 0.6) is 5.75 Å². The van der Waals surface area contributed by atoms with Gasteiger partial charge in [-0.25, -0.2) is 0 Å². The van der Waals surface area contributed by atoms with Gasteiger partial charge in [0, 0.05) is 5.56 Å². The van der Waals surface area contributed by atoms with Gasteiger partial charge in [-0.1, -0.05) is 35.5 Å². The van der Waals surface area contributed by atoms with E-state index in [4.69, 9.17) is 9.26 Å². The van der Waals surface area contributed by atoms with E-state index in [1.807, 2.05) is 54.6 Å². The maximum absolute atomic E-state index is 11.1. The third-order valence-corrected chi connectivity index (χ3v) is 3.40. The van der Waals surface area contributed by atoms with Crippen LogP contribution in [0.25, 0.3) is 11.3 Å². The fraction of sp³-hybridized carbons (Fsp3) is 0.111. The number of aromatic nitrogens is 1. The van der Waals surface area contributed by atoms with Gasteiger partial charge in [-0.2, -0.15) is 0 Å². The molecule has 0 atom stereocenters. The Morgan fingerprint density at radius 3 is 2.50 bits per heavy atom. The number of rotatable bonds is 5. The number of carbonyl (C=O) groups is 1. The summed E-state index contributed by atoms with van der Waals surface area (Å²) in [4.78, 5) is 11.1. The molecule has 0 unspecified atom stereocenters. The molecule has 0 spiro atoms. The number of aryl methyl sites for hydroxylation is 1. The van der Waals surface area contributed by atoms with Crippen LogP contribution in [0.4, 0.5) is 0 Å². The molecular formula is C18H15NO3. The average molecular weight is 293 g/mol. The smallest absolute Gasteiger partial charge is 0.155 e. The first kappa shape index (κ1) is 14.1. The van der Waals surface area contributed by atoms with Gasteiger partial charge < -0.3 is 9.26 Å². The van der Waals surface area contributed by atoms with Crippen molar-refractivity contribution < 1.29 is 14.1 Å². The molecule has 3 aromatic rings. The Hall–Kier alpha value is -2.88. The van der Waals surface area contributed by atoms with Gasteiger partial charge in [-0.3, -0.25) is 4.79 Å². The van der Waals surface area contributed by atoms with Crippen LogP contribution < -0.4 is 4.74 Å². The van der Waals surface area contributed by atoms with Crippen LogP contribution in [0.15, 0.2) is 59.1 Å². The van der Waals surface area contributed by atoms with Crippen molar-refractivity contribution >= 4 is 6.29 Å². The van der Waals surface area contributed by atoms with Gasteiger partial charge >= 0.3 is 0 Å². The molecular weight excluding hydrogens is 278 g/mol. The summed E-state index contributed by atoms with van der Waals surface area (Å²) in [5.74, 6) is 1.29. The highest BCUT2D eigenvalue weighted by atomic mass is 16.5. The normalized spacial score (nSPS) is 10.4. The Labute approximate surface area is 128 Å². The lowest BCUT2D eigenvalue weighted by Crippen LogP contribution is -1.95. The summed E-state index contributed by atoms with van der Waals surface area (Å²) in [6, 6.07) is 17.4. The number of hydrogen-bond acceptors (Lipinski definition) is 4. The zero-order valence-corrected chi connectivity index (χ0v) is 12.2. The lowest BCUT2D eigenvalue weighted by atomic mass is 10.1. The standard InChI is InChI=1S/C18H15NO3/c1-13-17(11-20)18(19-22-13)15-7-9-16(10-8-15)21-12-14-5-3-2-4-6-14/h2-11H,12H2,1H3. The van der Waals surface area contributed by atoms with E-state index in [0.717, 1.165) is 23.2 Å². The number of ether oxygens (including phenoxy) is 1.